The van der Waals surface area contributed by atoms with Gasteiger partial charge in [0.1, 0.15) is 11.5 Å². The summed E-state index contributed by atoms with van der Waals surface area (Å²) in [5, 5.41) is 11.3. The fraction of sp³-hybridized carbons (Fsp3) is 0.550. The third-order valence-electron chi connectivity index (χ3n) is 5.87. The van der Waals surface area contributed by atoms with Crippen LogP contribution in [0.25, 0.3) is 0 Å². The van der Waals surface area contributed by atoms with Crippen LogP contribution in [0.1, 0.15) is 24.1 Å². The summed E-state index contributed by atoms with van der Waals surface area (Å²) in [6.07, 6.45) is 3.98. The van der Waals surface area contributed by atoms with Gasteiger partial charge in [-0.05, 0) is 43.0 Å². The van der Waals surface area contributed by atoms with Gasteiger partial charge in [-0.3, -0.25) is 14.4 Å². The largest absolute Gasteiger partial charge is 0.378 e. The van der Waals surface area contributed by atoms with Crippen molar-refractivity contribution in [3.8, 4) is 0 Å². The van der Waals surface area contributed by atoms with E-state index in [1.807, 2.05) is 10.9 Å². The van der Waals surface area contributed by atoms with Crippen molar-refractivity contribution in [2.75, 3.05) is 20.2 Å². The van der Waals surface area contributed by atoms with Crippen molar-refractivity contribution < 1.29 is 13.9 Å². The van der Waals surface area contributed by atoms with Gasteiger partial charge in [0.05, 0.1) is 25.3 Å². The van der Waals surface area contributed by atoms with Crippen LogP contribution in [0.4, 0.5) is 4.39 Å². The Morgan fingerprint density at radius 1 is 1.36 bits per heavy atom. The minimum atomic E-state index is -0.264. The number of hydrogen-bond donors (Lipinski definition) is 1. The average Bonchev–Trinajstić information content (AvgIpc) is 3.15. The Morgan fingerprint density at radius 3 is 2.89 bits per heavy atom. The van der Waals surface area contributed by atoms with Gasteiger partial charge in [-0.1, -0.05) is 17.3 Å². The Labute approximate surface area is 163 Å². The van der Waals surface area contributed by atoms with Crippen molar-refractivity contribution >= 4 is 5.91 Å². The fourth-order valence-electron chi connectivity index (χ4n) is 4.41. The molecule has 2 unspecified atom stereocenters. The van der Waals surface area contributed by atoms with E-state index in [9.17, 15) is 9.18 Å². The smallest absolute Gasteiger partial charge is 0.224 e. The monoisotopic (exact) mass is 387 g/mol. The summed E-state index contributed by atoms with van der Waals surface area (Å²) in [5.74, 6) is 0.247. The standard InChI is InChI=1S/C20H26FN5O2/c1-28-13-17-10-26(24-23-17)11-18-8-15-6-7-25(18)12-19(15)20(27)22-9-14-2-4-16(21)5-3-14/h2-5,10,15,18-19H,6-9,11-13H2,1H3,(H,22,27)/t15?,18-,19+/m1/s1. The van der Waals surface area contributed by atoms with Gasteiger partial charge in [-0.2, -0.15) is 0 Å². The molecule has 7 nitrogen and oxygen atoms in total. The highest BCUT2D eigenvalue weighted by Crippen LogP contribution is 2.37. The molecule has 28 heavy (non-hydrogen) atoms. The first-order valence-electron chi connectivity index (χ1n) is 9.76. The number of piperidine rings is 3. The van der Waals surface area contributed by atoms with Gasteiger partial charge >= 0.3 is 0 Å². The molecule has 4 heterocycles. The SMILES string of the molecule is COCc1cn(C[C@H]2CC3CCN2C[C@@H]3C(=O)NCc2ccc(F)cc2)nn1. The number of fused-ring (bicyclic) bond motifs is 3. The number of carbonyl (C=O) groups excluding carboxylic acids is 1. The molecule has 3 aliphatic heterocycles. The molecule has 4 atom stereocenters. The average molecular weight is 387 g/mol. The predicted molar refractivity (Wildman–Crippen MR) is 101 cm³/mol. The van der Waals surface area contributed by atoms with Crippen molar-refractivity contribution in [3.05, 3.63) is 47.5 Å². The van der Waals surface area contributed by atoms with Gasteiger partial charge in [0.2, 0.25) is 5.91 Å². The zero-order chi connectivity index (χ0) is 19.5. The first-order chi connectivity index (χ1) is 13.6. The highest BCUT2D eigenvalue weighted by molar-refractivity contribution is 5.79. The normalized spacial score (nSPS) is 26.4. The van der Waals surface area contributed by atoms with E-state index in [2.05, 4.69) is 20.5 Å². The first kappa shape index (κ1) is 19.0. The molecule has 8 heteroatoms. The van der Waals surface area contributed by atoms with Crippen LogP contribution in [0.3, 0.4) is 0 Å². The molecule has 1 N–H and O–H groups in total. The number of methoxy groups -OCH3 is 1. The number of ether oxygens (including phenoxy) is 1. The molecule has 1 amide bonds. The summed E-state index contributed by atoms with van der Waals surface area (Å²) in [6.45, 7) is 3.50. The van der Waals surface area contributed by atoms with Gasteiger partial charge in [0, 0.05) is 26.2 Å². The second-order valence-electron chi connectivity index (χ2n) is 7.75. The lowest BCUT2D eigenvalue weighted by Crippen LogP contribution is -2.58. The van der Waals surface area contributed by atoms with Crippen molar-refractivity contribution in [3.63, 3.8) is 0 Å². The maximum atomic E-state index is 13.0. The van der Waals surface area contributed by atoms with E-state index >= 15 is 0 Å². The Kier molecular flexibility index (Phi) is 5.68. The van der Waals surface area contributed by atoms with E-state index in [1.54, 1.807) is 19.2 Å². The summed E-state index contributed by atoms with van der Waals surface area (Å²) >= 11 is 0. The lowest BCUT2D eigenvalue weighted by atomic mass is 9.75. The fourth-order valence-corrected chi connectivity index (χ4v) is 4.41. The van der Waals surface area contributed by atoms with Crippen LogP contribution in [-0.2, 0) is 29.2 Å². The van der Waals surface area contributed by atoms with Crippen molar-refractivity contribution in [2.45, 2.75) is 38.6 Å². The number of benzene rings is 1. The van der Waals surface area contributed by atoms with E-state index in [-0.39, 0.29) is 17.6 Å². The quantitative estimate of drug-likeness (QED) is 0.781. The summed E-state index contributed by atoms with van der Waals surface area (Å²) in [5.41, 5.74) is 1.74. The van der Waals surface area contributed by atoms with Crippen LogP contribution in [0.5, 0.6) is 0 Å². The van der Waals surface area contributed by atoms with Gasteiger partial charge in [-0.15, -0.1) is 5.10 Å². The molecule has 3 saturated heterocycles. The number of carbonyl (C=O) groups is 1. The van der Waals surface area contributed by atoms with Gasteiger partial charge in [-0.25, -0.2) is 4.39 Å². The van der Waals surface area contributed by atoms with E-state index in [0.717, 1.165) is 43.7 Å². The molecule has 2 aromatic rings. The second kappa shape index (κ2) is 8.36. The maximum absolute atomic E-state index is 13.0. The van der Waals surface area contributed by atoms with E-state index in [0.29, 0.717) is 25.1 Å². The zero-order valence-corrected chi connectivity index (χ0v) is 16.1. The van der Waals surface area contributed by atoms with E-state index in [4.69, 9.17) is 4.74 Å². The third kappa shape index (κ3) is 4.23. The number of halogens is 1. The van der Waals surface area contributed by atoms with Crippen LogP contribution in [-0.4, -0.2) is 52.0 Å². The molecule has 5 rings (SSSR count). The number of hydrogen-bond acceptors (Lipinski definition) is 5. The number of nitrogens with zero attached hydrogens (tertiary/aromatic N) is 4. The number of rotatable bonds is 7. The number of aromatic nitrogens is 3. The highest BCUT2D eigenvalue weighted by atomic mass is 19.1. The Bertz CT molecular complexity index is 809. The lowest BCUT2D eigenvalue weighted by molar-refractivity contribution is -0.133. The molecule has 2 bridgehead atoms. The second-order valence-corrected chi connectivity index (χ2v) is 7.75. The molecule has 1 aromatic heterocycles. The number of nitrogens with one attached hydrogen (secondary N) is 1. The summed E-state index contributed by atoms with van der Waals surface area (Å²) < 4.78 is 20.0. The molecule has 0 aliphatic carbocycles. The molecular weight excluding hydrogens is 361 g/mol. The van der Waals surface area contributed by atoms with Gasteiger partial charge in [0.15, 0.2) is 0 Å². The third-order valence-corrected chi connectivity index (χ3v) is 5.87. The zero-order valence-electron chi connectivity index (χ0n) is 16.1. The van der Waals surface area contributed by atoms with Crippen LogP contribution in [0, 0.1) is 17.7 Å². The molecule has 0 radical (unpaired) electrons. The highest BCUT2D eigenvalue weighted by Gasteiger charge is 2.43. The van der Waals surface area contributed by atoms with Crippen molar-refractivity contribution in [1.29, 1.82) is 0 Å². The van der Waals surface area contributed by atoms with Gasteiger partial charge in [0.25, 0.3) is 0 Å². The first-order valence-corrected chi connectivity index (χ1v) is 9.76. The minimum absolute atomic E-state index is 0.0187. The Hall–Kier alpha value is -2.32. The summed E-state index contributed by atoms with van der Waals surface area (Å²) in [4.78, 5) is 15.1. The summed E-state index contributed by atoms with van der Waals surface area (Å²) in [7, 11) is 1.64. The molecule has 1 aromatic carbocycles. The summed E-state index contributed by atoms with van der Waals surface area (Å²) in [6, 6.07) is 6.64. The molecule has 150 valence electrons. The van der Waals surface area contributed by atoms with Crippen LogP contribution < -0.4 is 5.32 Å². The maximum Gasteiger partial charge on any atom is 0.224 e. The van der Waals surface area contributed by atoms with Crippen LogP contribution in [0.15, 0.2) is 30.5 Å². The minimum Gasteiger partial charge on any atom is -0.378 e. The molecule has 0 saturated carbocycles. The number of amides is 1. The predicted octanol–water partition coefficient (Wildman–Crippen LogP) is 1.59. The van der Waals surface area contributed by atoms with Crippen LogP contribution >= 0.6 is 0 Å². The topological polar surface area (TPSA) is 72.3 Å². The van der Waals surface area contributed by atoms with Gasteiger partial charge < -0.3 is 10.1 Å². The molecule has 3 aliphatic rings. The van der Waals surface area contributed by atoms with Crippen LogP contribution in [0.2, 0.25) is 0 Å². The Balaban J connectivity index is 1.31. The Morgan fingerprint density at radius 2 is 2.18 bits per heavy atom. The van der Waals surface area contributed by atoms with Crippen molar-refractivity contribution in [1.82, 2.24) is 25.2 Å². The lowest BCUT2D eigenvalue weighted by Gasteiger charge is -2.49. The van der Waals surface area contributed by atoms with Crippen molar-refractivity contribution in [2.24, 2.45) is 11.8 Å². The van der Waals surface area contributed by atoms with E-state index < -0.39 is 0 Å². The van der Waals surface area contributed by atoms with E-state index in [1.165, 1.54) is 12.1 Å². The molecule has 0 spiro atoms. The molecular formula is C20H26FN5O2. The molecule has 3 fully saturated rings.